The van der Waals surface area contributed by atoms with E-state index in [4.69, 9.17) is 0 Å². The van der Waals surface area contributed by atoms with Crippen LogP contribution in [-0.4, -0.2) is 39.7 Å². The van der Waals surface area contributed by atoms with Crippen LogP contribution in [0.15, 0.2) is 24.3 Å². The number of carbonyl (C=O) groups excluding carboxylic acids is 2. The third-order valence-corrected chi connectivity index (χ3v) is 13.1. The second kappa shape index (κ2) is 14.1. The lowest BCUT2D eigenvalue weighted by molar-refractivity contribution is 0.0932. The largest absolute Gasteiger partial charge is 0.350 e. The summed E-state index contributed by atoms with van der Waals surface area (Å²) < 4.78 is 0. The number of benzene rings is 1. The Morgan fingerprint density at radius 1 is 0.763 bits per heavy atom. The van der Waals surface area contributed by atoms with E-state index in [1.165, 1.54) is 57.8 Å². The summed E-state index contributed by atoms with van der Waals surface area (Å²) in [5, 5.41) is 4.33. The van der Waals surface area contributed by atoms with Crippen LogP contribution in [-0.2, 0) is 0 Å². The van der Waals surface area contributed by atoms with Gasteiger partial charge in [0.05, 0.1) is 0 Å². The van der Waals surface area contributed by atoms with Crippen molar-refractivity contribution in [3.05, 3.63) is 35.4 Å². The highest BCUT2D eigenvalue weighted by atomic mass is 32.2. The van der Waals surface area contributed by atoms with Crippen LogP contribution in [0.4, 0.5) is 0 Å². The first-order chi connectivity index (χ1) is 18.2. The molecule has 2 aliphatic carbocycles. The van der Waals surface area contributed by atoms with Gasteiger partial charge in [0.25, 0.3) is 5.91 Å². The smallest absolute Gasteiger partial charge is 0.251 e. The molecule has 4 atom stereocenters. The molecule has 0 radical (unpaired) electrons. The van der Waals surface area contributed by atoms with Gasteiger partial charge in [0.15, 0.2) is 5.78 Å². The van der Waals surface area contributed by atoms with Crippen molar-refractivity contribution in [2.24, 2.45) is 35.5 Å². The van der Waals surface area contributed by atoms with Crippen LogP contribution in [0.1, 0.15) is 113 Å². The number of nitrogens with one attached hydrogen (secondary N) is 1. The molecule has 3 nitrogen and oxygen atoms in total. The van der Waals surface area contributed by atoms with E-state index < -0.39 is 0 Å². The molecule has 38 heavy (non-hydrogen) atoms. The molecule has 4 heterocycles. The van der Waals surface area contributed by atoms with Crippen LogP contribution >= 0.6 is 23.5 Å². The molecule has 4 aliphatic heterocycles. The van der Waals surface area contributed by atoms with Crippen molar-refractivity contribution in [1.29, 1.82) is 0 Å². The fourth-order valence-corrected chi connectivity index (χ4v) is 9.98. The maximum atomic E-state index is 13.7. The van der Waals surface area contributed by atoms with Crippen LogP contribution in [0.25, 0.3) is 0 Å². The summed E-state index contributed by atoms with van der Waals surface area (Å²) in [7, 11) is 0. The molecular formula is C33H51NO2S2. The van der Waals surface area contributed by atoms with Crippen LogP contribution in [0.3, 0.4) is 0 Å². The first-order valence-corrected chi connectivity index (χ1v) is 17.5. The van der Waals surface area contributed by atoms with E-state index in [2.05, 4.69) is 49.6 Å². The lowest BCUT2D eigenvalue weighted by Gasteiger charge is -2.38. The molecule has 0 aromatic heterocycles. The number of hydrogen-bond acceptors (Lipinski definition) is 4. The Labute approximate surface area is 240 Å². The average Bonchev–Trinajstić information content (AvgIpc) is 2.92. The summed E-state index contributed by atoms with van der Waals surface area (Å²) in [6.45, 7) is 11.5. The molecule has 1 aromatic carbocycles. The van der Waals surface area contributed by atoms with Crippen molar-refractivity contribution in [2.45, 2.75) is 109 Å². The molecule has 5 heteroatoms. The fraction of sp³-hybridized carbons (Fsp3) is 0.758. The highest BCUT2D eigenvalue weighted by molar-refractivity contribution is 8.00. The van der Waals surface area contributed by atoms with Gasteiger partial charge >= 0.3 is 0 Å². The lowest BCUT2D eigenvalue weighted by atomic mass is 9.69. The van der Waals surface area contributed by atoms with Crippen LogP contribution in [0, 0.1) is 35.5 Å². The maximum absolute atomic E-state index is 13.7. The Balaban J connectivity index is 1.45. The summed E-state index contributed by atoms with van der Waals surface area (Å²) in [5.41, 5.74) is 1.38. The van der Waals surface area contributed by atoms with Gasteiger partial charge in [0.2, 0.25) is 0 Å². The summed E-state index contributed by atoms with van der Waals surface area (Å²) >= 11 is 4.14. The van der Waals surface area contributed by atoms with E-state index in [1.807, 2.05) is 38.1 Å². The number of thioether (sulfide) groups is 2. The van der Waals surface area contributed by atoms with Gasteiger partial charge in [-0.15, -0.1) is 0 Å². The molecule has 212 valence electrons. The third-order valence-electron chi connectivity index (χ3n) is 9.98. The number of ketones is 1. The summed E-state index contributed by atoms with van der Waals surface area (Å²) in [6.07, 6.45) is 12.1. The fourth-order valence-electron chi connectivity index (χ4n) is 7.07. The van der Waals surface area contributed by atoms with E-state index in [9.17, 15) is 9.59 Å². The van der Waals surface area contributed by atoms with Gasteiger partial charge in [-0.1, -0.05) is 32.9 Å². The average molecular weight is 558 g/mol. The minimum atomic E-state index is -0.0741. The van der Waals surface area contributed by atoms with E-state index in [0.717, 1.165) is 46.7 Å². The minimum Gasteiger partial charge on any atom is -0.350 e. The quantitative estimate of drug-likeness (QED) is 0.377. The van der Waals surface area contributed by atoms with E-state index >= 15 is 0 Å². The van der Waals surface area contributed by atoms with Gasteiger partial charge in [-0.2, -0.15) is 23.5 Å². The molecule has 6 aliphatic rings. The number of amides is 1. The Morgan fingerprint density at radius 3 is 1.84 bits per heavy atom. The van der Waals surface area contributed by atoms with Crippen molar-refractivity contribution in [1.82, 2.24) is 5.32 Å². The number of hydrogen-bond donors (Lipinski definition) is 1. The van der Waals surface area contributed by atoms with Crippen molar-refractivity contribution >= 4 is 35.2 Å². The Bertz CT molecular complexity index is 900. The normalized spacial score (nSPS) is 35.1. The highest BCUT2D eigenvalue weighted by Gasteiger charge is 2.33. The molecular weight excluding hydrogens is 507 g/mol. The monoisotopic (exact) mass is 557 g/mol. The molecule has 1 N–H and O–H groups in total. The van der Waals surface area contributed by atoms with E-state index in [-0.39, 0.29) is 23.7 Å². The predicted molar refractivity (Wildman–Crippen MR) is 165 cm³/mol. The van der Waals surface area contributed by atoms with Crippen molar-refractivity contribution < 1.29 is 9.59 Å². The Hall–Kier alpha value is -0.940. The van der Waals surface area contributed by atoms with Crippen molar-refractivity contribution in [3.63, 3.8) is 0 Å². The van der Waals surface area contributed by atoms with E-state index in [1.54, 1.807) is 0 Å². The second-order valence-corrected chi connectivity index (χ2v) is 15.7. The van der Waals surface area contributed by atoms with E-state index in [0.29, 0.717) is 16.1 Å². The molecule has 4 saturated heterocycles. The summed E-state index contributed by atoms with van der Waals surface area (Å²) in [5.74, 6) is 6.31. The highest BCUT2D eigenvalue weighted by Crippen LogP contribution is 2.43. The number of rotatable bonds is 4. The zero-order chi connectivity index (χ0) is 27.2. The second-order valence-electron chi connectivity index (χ2n) is 13.0. The van der Waals surface area contributed by atoms with Gasteiger partial charge in [0.1, 0.15) is 0 Å². The molecule has 1 unspecified atom stereocenters. The standard InChI is InChI=1S/C33H51NO2S2/c1-21(2)34-33(36)28-10-8-27(9-11-28)32(35)29-19-37-30-14-6-25(7-15-30)18-22(3)23(4)24(5)26-12-16-31(17-13-26)38-20-29/h8-11,21-26,29-31H,6-7,12-20H2,1-5H3,(H,34,36)/t22-,23-,24-,25?,26?,29?,30?,31?/m0/s1. The van der Waals surface area contributed by atoms with Gasteiger partial charge in [-0.05, 0) is 113 Å². The zero-order valence-corrected chi connectivity index (χ0v) is 26.0. The number of Topliss-reactive ketones (excluding diaryl/α,β-unsaturated/α-hetero) is 1. The molecule has 0 spiro atoms. The topological polar surface area (TPSA) is 46.2 Å². The Kier molecular flexibility index (Phi) is 11.1. The lowest BCUT2D eigenvalue weighted by Crippen LogP contribution is -2.30. The molecule has 4 bridgehead atoms. The minimum absolute atomic E-state index is 0.0467. The molecule has 1 aromatic rings. The van der Waals surface area contributed by atoms with Gasteiger partial charge < -0.3 is 5.32 Å². The molecule has 6 fully saturated rings. The molecule has 2 saturated carbocycles. The molecule has 1 amide bonds. The first-order valence-electron chi connectivity index (χ1n) is 15.4. The predicted octanol–water partition coefficient (Wildman–Crippen LogP) is 8.52. The SMILES string of the molecule is CC(C)NC(=O)c1ccc(C(=O)C2CSC3CCC(CC3)C[C@H](C)[C@H](C)[C@H](C)C3CCC(CC3)SC2)cc1. The zero-order valence-electron chi connectivity index (χ0n) is 24.4. The van der Waals surface area contributed by atoms with Crippen molar-refractivity contribution in [2.75, 3.05) is 11.5 Å². The summed E-state index contributed by atoms with van der Waals surface area (Å²) in [4.78, 5) is 26.1. The van der Waals surface area contributed by atoms with Gasteiger partial charge in [-0.3, -0.25) is 9.59 Å². The van der Waals surface area contributed by atoms with Crippen molar-refractivity contribution in [3.8, 4) is 0 Å². The third kappa shape index (κ3) is 8.05. The number of carbonyl (C=O) groups is 2. The molecule has 7 rings (SSSR count). The van der Waals surface area contributed by atoms with Crippen LogP contribution < -0.4 is 5.32 Å². The van der Waals surface area contributed by atoms with Crippen LogP contribution in [0.2, 0.25) is 0 Å². The van der Waals surface area contributed by atoms with Gasteiger partial charge in [0, 0.05) is 45.1 Å². The Morgan fingerprint density at radius 2 is 1.29 bits per heavy atom. The van der Waals surface area contributed by atoms with Gasteiger partial charge in [-0.25, -0.2) is 0 Å². The summed E-state index contributed by atoms with van der Waals surface area (Å²) in [6, 6.07) is 7.47. The van der Waals surface area contributed by atoms with Crippen LogP contribution in [0.5, 0.6) is 0 Å². The maximum Gasteiger partial charge on any atom is 0.251 e. The first kappa shape index (κ1) is 30.0.